The third-order valence-corrected chi connectivity index (χ3v) is 13.1. The molecule has 1 saturated heterocycles. The van der Waals surface area contributed by atoms with Crippen LogP contribution in [0.25, 0.3) is 0 Å². The summed E-state index contributed by atoms with van der Waals surface area (Å²) in [7, 11) is -5.78. The van der Waals surface area contributed by atoms with Crippen LogP contribution in [0.3, 0.4) is 0 Å². The molecule has 0 aromatic heterocycles. The van der Waals surface area contributed by atoms with E-state index in [1.165, 1.54) is 32.7 Å². The molecule has 1 aliphatic rings. The van der Waals surface area contributed by atoms with E-state index in [9.17, 15) is 44.8 Å². The van der Waals surface area contributed by atoms with Crippen molar-refractivity contribution in [1.29, 1.82) is 0 Å². The van der Waals surface area contributed by atoms with Crippen molar-refractivity contribution in [2.75, 3.05) is 38.7 Å². The molecule has 0 saturated carbocycles. The molecule has 0 aliphatic carbocycles. The molecule has 51 heavy (non-hydrogen) atoms. The van der Waals surface area contributed by atoms with Crippen molar-refractivity contribution in [1.82, 2.24) is 30.5 Å². The first kappa shape index (κ1) is 46.4. The van der Waals surface area contributed by atoms with Crippen LogP contribution >= 0.6 is 0 Å². The average Bonchev–Trinajstić information content (AvgIpc) is 3.38. The summed E-state index contributed by atoms with van der Waals surface area (Å²) in [6.07, 6.45) is -2.57. The first-order chi connectivity index (χ1) is 22.8. The number of sulfone groups is 1. The van der Waals surface area contributed by atoms with Crippen LogP contribution in [0.4, 0.5) is 13.6 Å². The van der Waals surface area contributed by atoms with Crippen LogP contribution in [0.5, 0.6) is 0 Å². The zero-order chi connectivity index (χ0) is 40.1. The summed E-state index contributed by atoms with van der Waals surface area (Å²) >= 11 is 0. The predicted molar refractivity (Wildman–Crippen MR) is 193 cm³/mol. The van der Waals surface area contributed by atoms with Crippen molar-refractivity contribution in [2.45, 2.75) is 124 Å². The summed E-state index contributed by atoms with van der Waals surface area (Å²) in [5, 5.41) is 10.3. The van der Waals surface area contributed by atoms with Crippen LogP contribution in [-0.2, 0) is 34.2 Å². The van der Waals surface area contributed by atoms with Gasteiger partial charge in [0.15, 0.2) is 9.84 Å². The van der Waals surface area contributed by atoms with Gasteiger partial charge in [-0.3, -0.25) is 14.4 Å². The molecule has 0 aromatic carbocycles. The lowest BCUT2D eigenvalue weighted by molar-refractivity contribution is -0.144. The maximum Gasteiger partial charge on any atom is 0.315 e. The van der Waals surface area contributed by atoms with Gasteiger partial charge in [0.1, 0.15) is 18.1 Å². The number of likely N-dealkylation sites (tertiary alicyclic amines) is 1. The minimum Gasteiger partial charge on any atom is -0.353 e. The summed E-state index contributed by atoms with van der Waals surface area (Å²) in [5.74, 6) is -3.37. The number of hydrogen-bond acceptors (Lipinski definition) is 8. The molecule has 5 amide bonds. The van der Waals surface area contributed by atoms with Gasteiger partial charge in [-0.2, -0.15) is 0 Å². The number of hydrogen-bond donors (Lipinski definition) is 4. The van der Waals surface area contributed by atoms with E-state index in [0.717, 1.165) is 10.6 Å². The average molecular weight is 773 g/mol. The van der Waals surface area contributed by atoms with Crippen LogP contribution in [0.1, 0.15) is 89.0 Å². The summed E-state index contributed by atoms with van der Waals surface area (Å²) < 4.78 is 76.4. The third kappa shape index (κ3) is 13.7. The lowest BCUT2D eigenvalue weighted by Crippen LogP contribution is -2.62. The minimum atomic E-state index is -3.62. The number of urea groups is 1. The molecular formula is C33H62F2N6O8S2. The van der Waals surface area contributed by atoms with E-state index < -0.39 is 108 Å². The highest BCUT2D eigenvalue weighted by Gasteiger charge is 2.48. The van der Waals surface area contributed by atoms with E-state index in [0.29, 0.717) is 6.42 Å². The van der Waals surface area contributed by atoms with Crippen LogP contribution in [0.2, 0.25) is 0 Å². The Morgan fingerprint density at radius 1 is 0.882 bits per heavy atom. The standard InChI is InChI=1S/C33H62F2N6O8S2/c1-20(2)21-14-16-41(25(21)28(43)37-22(18-24(34)35)27(42)36-15-17-51(48,49)33(9,10)11)29(44)26(32(6,7)8)39-30(45)38-23(31(3,4)5)19-40(12)50(13,46)47/h20-26H,14-19H2,1-13H3,(H,36,42)(H,37,43)(H2,38,39,45)/t21-,22+,23-,25+,26-/m1/s1. The van der Waals surface area contributed by atoms with Crippen molar-refractivity contribution in [3.05, 3.63) is 0 Å². The molecule has 18 heteroatoms. The fourth-order valence-electron chi connectivity index (χ4n) is 5.58. The number of amides is 5. The molecule has 0 bridgehead atoms. The molecule has 14 nitrogen and oxygen atoms in total. The van der Waals surface area contributed by atoms with Crippen LogP contribution in [0, 0.1) is 22.7 Å². The van der Waals surface area contributed by atoms with Gasteiger partial charge >= 0.3 is 6.03 Å². The zero-order valence-corrected chi connectivity index (χ0v) is 34.1. The number of likely N-dealkylation sites (N-methyl/N-ethyl adjacent to an activating group) is 1. The second kappa shape index (κ2) is 17.5. The molecule has 0 unspecified atom stereocenters. The first-order valence-corrected chi connectivity index (χ1v) is 20.7. The molecule has 1 rings (SSSR count). The highest BCUT2D eigenvalue weighted by molar-refractivity contribution is 7.92. The Morgan fingerprint density at radius 3 is 1.86 bits per heavy atom. The molecule has 0 aromatic rings. The van der Waals surface area contributed by atoms with Gasteiger partial charge in [-0.05, 0) is 49.9 Å². The number of carbonyl (C=O) groups excluding carboxylic acids is 4. The summed E-state index contributed by atoms with van der Waals surface area (Å²) in [4.78, 5) is 55.9. The molecular weight excluding hydrogens is 711 g/mol. The summed E-state index contributed by atoms with van der Waals surface area (Å²) in [6, 6.07) is -5.42. The number of sulfonamides is 1. The summed E-state index contributed by atoms with van der Waals surface area (Å²) in [5.41, 5.74) is -1.46. The first-order valence-electron chi connectivity index (χ1n) is 17.2. The van der Waals surface area contributed by atoms with Crippen molar-refractivity contribution in [3.8, 4) is 0 Å². The van der Waals surface area contributed by atoms with Crippen LogP contribution < -0.4 is 21.3 Å². The number of nitrogens with zero attached hydrogens (tertiary/aromatic N) is 2. The van der Waals surface area contributed by atoms with Gasteiger partial charge in [0.25, 0.3) is 0 Å². The Kier molecular flexibility index (Phi) is 15.9. The van der Waals surface area contributed by atoms with Crippen molar-refractivity contribution < 1.29 is 44.8 Å². The smallest absolute Gasteiger partial charge is 0.315 e. The lowest BCUT2D eigenvalue weighted by atomic mass is 9.84. The van der Waals surface area contributed by atoms with Gasteiger partial charge in [0.2, 0.25) is 34.2 Å². The fraction of sp³-hybridized carbons (Fsp3) is 0.879. The highest BCUT2D eigenvalue weighted by atomic mass is 32.2. The van der Waals surface area contributed by atoms with Gasteiger partial charge in [-0.25, -0.2) is 34.7 Å². The zero-order valence-electron chi connectivity index (χ0n) is 32.5. The monoisotopic (exact) mass is 772 g/mol. The number of alkyl halides is 2. The van der Waals surface area contributed by atoms with Gasteiger partial charge in [0.05, 0.1) is 16.8 Å². The molecule has 0 radical (unpaired) electrons. The Labute approximate surface area is 303 Å². The molecule has 5 atom stereocenters. The molecule has 0 spiro atoms. The van der Waals surface area contributed by atoms with Gasteiger partial charge in [-0.1, -0.05) is 55.4 Å². The highest BCUT2D eigenvalue weighted by Crippen LogP contribution is 2.33. The van der Waals surface area contributed by atoms with E-state index in [2.05, 4.69) is 21.3 Å². The number of nitrogens with one attached hydrogen (secondary N) is 4. The van der Waals surface area contributed by atoms with E-state index in [4.69, 9.17) is 0 Å². The van der Waals surface area contributed by atoms with Gasteiger partial charge in [0, 0.05) is 39.1 Å². The van der Waals surface area contributed by atoms with Crippen LogP contribution in [0.15, 0.2) is 0 Å². The fourth-order valence-corrected chi connectivity index (χ4v) is 6.98. The normalized spacial score (nSPS) is 19.5. The Balaban J connectivity index is 3.34. The molecule has 4 N–H and O–H groups in total. The molecule has 298 valence electrons. The molecule has 1 heterocycles. The number of rotatable bonds is 15. The lowest BCUT2D eigenvalue weighted by Gasteiger charge is -2.38. The topological polar surface area (TPSA) is 191 Å². The van der Waals surface area contributed by atoms with Crippen molar-refractivity contribution in [2.24, 2.45) is 22.7 Å². The van der Waals surface area contributed by atoms with Crippen LogP contribution in [-0.4, -0.2) is 124 Å². The van der Waals surface area contributed by atoms with E-state index in [1.54, 1.807) is 20.8 Å². The Hall–Kier alpha value is -2.60. The second-order valence-electron chi connectivity index (χ2n) is 17.0. The SMILES string of the molecule is CC(C)[C@H]1CCN(C(=O)[C@@H](NC(=O)N[C@H](CN(C)S(C)(=O)=O)C(C)(C)C)C(C)(C)C)[C@@H]1C(=O)N[C@@H](CC(F)F)C(=O)NCCS(=O)(=O)C(C)(C)C. The third-order valence-electron chi connectivity index (χ3n) is 9.25. The Morgan fingerprint density at radius 2 is 1.43 bits per heavy atom. The van der Waals surface area contributed by atoms with Crippen molar-refractivity contribution >= 4 is 43.6 Å². The van der Waals surface area contributed by atoms with Crippen molar-refractivity contribution in [3.63, 3.8) is 0 Å². The number of halogens is 2. The maximum absolute atomic E-state index is 14.3. The Bertz CT molecular complexity index is 1450. The second-order valence-corrected chi connectivity index (χ2v) is 21.9. The predicted octanol–water partition coefficient (Wildman–Crippen LogP) is 2.35. The summed E-state index contributed by atoms with van der Waals surface area (Å²) in [6.45, 7) is 18.6. The van der Waals surface area contributed by atoms with Gasteiger partial charge < -0.3 is 26.2 Å². The van der Waals surface area contributed by atoms with Gasteiger partial charge in [-0.15, -0.1) is 0 Å². The number of carbonyl (C=O) groups is 4. The molecule has 1 fully saturated rings. The quantitative estimate of drug-likeness (QED) is 0.195. The van der Waals surface area contributed by atoms with E-state index in [-0.39, 0.29) is 25.6 Å². The minimum absolute atomic E-state index is 0.0336. The maximum atomic E-state index is 14.3. The largest absolute Gasteiger partial charge is 0.353 e. The molecule has 1 aliphatic heterocycles. The van der Waals surface area contributed by atoms with E-state index >= 15 is 0 Å². The van der Waals surface area contributed by atoms with E-state index in [1.807, 2.05) is 34.6 Å².